The molecule has 2 atom stereocenters. The zero-order valence-electron chi connectivity index (χ0n) is 16.0. The summed E-state index contributed by atoms with van der Waals surface area (Å²) in [5.41, 5.74) is 1.11. The van der Waals surface area contributed by atoms with E-state index in [1.165, 1.54) is 0 Å². The van der Waals surface area contributed by atoms with Gasteiger partial charge in [-0.05, 0) is 24.3 Å². The van der Waals surface area contributed by atoms with Gasteiger partial charge in [-0.3, -0.25) is 14.5 Å². The topological polar surface area (TPSA) is 52.7 Å². The van der Waals surface area contributed by atoms with Gasteiger partial charge in [0.1, 0.15) is 0 Å². The zero-order valence-corrected chi connectivity index (χ0v) is 16.0. The van der Waals surface area contributed by atoms with Gasteiger partial charge < -0.3 is 10.2 Å². The Kier molecular flexibility index (Phi) is 6.30. The highest BCUT2D eigenvalue weighted by Crippen LogP contribution is 2.29. The fourth-order valence-corrected chi connectivity index (χ4v) is 3.64. The number of rotatable bonds is 7. The lowest BCUT2D eigenvalue weighted by molar-refractivity contribution is -0.136. The molecule has 5 heteroatoms. The normalized spacial score (nSPS) is 20.5. The maximum Gasteiger partial charge on any atom is 0.234 e. The summed E-state index contributed by atoms with van der Waals surface area (Å²) in [4.78, 5) is 29.3. The SMILES string of the molecule is CCC(C)C(C(=O)N1CCN(CC(=O)NC2CC2)CC1)c1ccccc1. The van der Waals surface area contributed by atoms with Crippen LogP contribution in [0.5, 0.6) is 0 Å². The number of nitrogens with one attached hydrogen (secondary N) is 1. The van der Waals surface area contributed by atoms with E-state index in [1.807, 2.05) is 23.1 Å². The number of piperazine rings is 1. The van der Waals surface area contributed by atoms with Crippen LogP contribution in [0.25, 0.3) is 0 Å². The van der Waals surface area contributed by atoms with Gasteiger partial charge in [-0.25, -0.2) is 0 Å². The molecule has 142 valence electrons. The second-order valence-electron chi connectivity index (χ2n) is 7.72. The summed E-state index contributed by atoms with van der Waals surface area (Å²) >= 11 is 0. The number of benzene rings is 1. The van der Waals surface area contributed by atoms with Gasteiger partial charge in [0.2, 0.25) is 11.8 Å². The number of carbonyl (C=O) groups excluding carboxylic acids is 2. The first-order valence-corrected chi connectivity index (χ1v) is 9.94. The molecule has 2 aliphatic rings. The second-order valence-corrected chi connectivity index (χ2v) is 7.72. The Bertz CT molecular complexity index is 607. The lowest BCUT2D eigenvalue weighted by atomic mass is 9.84. The largest absolute Gasteiger partial charge is 0.352 e. The molecule has 2 fully saturated rings. The molecule has 1 aliphatic heterocycles. The van der Waals surface area contributed by atoms with Crippen LogP contribution in [0.4, 0.5) is 0 Å². The number of carbonyl (C=O) groups is 2. The van der Waals surface area contributed by atoms with Crippen LogP contribution in [0, 0.1) is 5.92 Å². The molecule has 0 aromatic heterocycles. The first-order chi connectivity index (χ1) is 12.6. The van der Waals surface area contributed by atoms with Crippen LogP contribution < -0.4 is 5.32 Å². The molecule has 0 radical (unpaired) electrons. The minimum Gasteiger partial charge on any atom is -0.352 e. The Hall–Kier alpha value is -1.88. The molecular formula is C21H31N3O2. The van der Waals surface area contributed by atoms with E-state index in [1.54, 1.807) is 0 Å². The van der Waals surface area contributed by atoms with Crippen LogP contribution >= 0.6 is 0 Å². The molecule has 26 heavy (non-hydrogen) atoms. The highest BCUT2D eigenvalue weighted by molar-refractivity contribution is 5.84. The molecule has 0 spiro atoms. The van der Waals surface area contributed by atoms with E-state index in [0.29, 0.717) is 31.6 Å². The van der Waals surface area contributed by atoms with Gasteiger partial charge in [-0.15, -0.1) is 0 Å². The molecule has 1 aromatic rings. The van der Waals surface area contributed by atoms with Crippen molar-refractivity contribution in [3.63, 3.8) is 0 Å². The molecule has 1 saturated heterocycles. The van der Waals surface area contributed by atoms with E-state index in [2.05, 4.69) is 36.2 Å². The first-order valence-electron chi connectivity index (χ1n) is 9.94. The van der Waals surface area contributed by atoms with E-state index < -0.39 is 0 Å². The van der Waals surface area contributed by atoms with E-state index in [-0.39, 0.29) is 17.7 Å². The van der Waals surface area contributed by atoms with E-state index in [9.17, 15) is 9.59 Å². The third-order valence-corrected chi connectivity index (χ3v) is 5.63. The Morgan fingerprint density at radius 1 is 1.12 bits per heavy atom. The van der Waals surface area contributed by atoms with Crippen molar-refractivity contribution in [3.8, 4) is 0 Å². The first kappa shape index (κ1) is 18.9. The monoisotopic (exact) mass is 357 g/mol. The molecule has 2 unspecified atom stereocenters. The number of amides is 2. The van der Waals surface area contributed by atoms with E-state index in [4.69, 9.17) is 0 Å². The summed E-state index contributed by atoms with van der Waals surface area (Å²) in [5, 5.41) is 3.04. The van der Waals surface area contributed by atoms with E-state index in [0.717, 1.165) is 37.9 Å². The molecular weight excluding hydrogens is 326 g/mol. The Morgan fingerprint density at radius 2 is 1.77 bits per heavy atom. The van der Waals surface area contributed by atoms with Crippen molar-refractivity contribution >= 4 is 11.8 Å². The highest BCUT2D eigenvalue weighted by atomic mass is 16.2. The Labute approximate surface area is 156 Å². The maximum atomic E-state index is 13.2. The summed E-state index contributed by atoms with van der Waals surface area (Å²) in [6, 6.07) is 10.5. The predicted octanol–water partition coefficient (Wildman–Crippen LogP) is 2.24. The number of nitrogens with zero attached hydrogens (tertiary/aromatic N) is 2. The van der Waals surface area contributed by atoms with Crippen molar-refractivity contribution in [3.05, 3.63) is 35.9 Å². The summed E-state index contributed by atoms with van der Waals surface area (Å²) in [5.74, 6) is 0.583. The van der Waals surface area contributed by atoms with Crippen molar-refractivity contribution in [2.24, 2.45) is 5.92 Å². The van der Waals surface area contributed by atoms with Crippen molar-refractivity contribution in [1.82, 2.24) is 15.1 Å². The molecule has 2 amide bonds. The van der Waals surface area contributed by atoms with Gasteiger partial charge in [-0.1, -0.05) is 50.6 Å². The summed E-state index contributed by atoms with van der Waals surface area (Å²) in [7, 11) is 0. The third-order valence-electron chi connectivity index (χ3n) is 5.63. The molecule has 3 rings (SSSR count). The predicted molar refractivity (Wildman–Crippen MR) is 103 cm³/mol. The summed E-state index contributed by atoms with van der Waals surface area (Å²) in [6.45, 7) is 7.70. The number of hydrogen-bond donors (Lipinski definition) is 1. The molecule has 1 N–H and O–H groups in total. The summed E-state index contributed by atoms with van der Waals surface area (Å²) < 4.78 is 0. The van der Waals surface area contributed by atoms with Gasteiger partial charge in [0, 0.05) is 32.2 Å². The number of hydrogen-bond acceptors (Lipinski definition) is 3. The van der Waals surface area contributed by atoms with Gasteiger partial charge >= 0.3 is 0 Å². The van der Waals surface area contributed by atoms with Crippen LogP contribution in [0.3, 0.4) is 0 Å². The molecule has 1 heterocycles. The molecule has 1 aromatic carbocycles. The van der Waals surface area contributed by atoms with Crippen LogP contribution in [0.1, 0.15) is 44.6 Å². The van der Waals surface area contributed by atoms with Gasteiger partial charge in [-0.2, -0.15) is 0 Å². The lowest BCUT2D eigenvalue weighted by Crippen LogP contribution is -2.52. The molecule has 1 saturated carbocycles. The zero-order chi connectivity index (χ0) is 18.5. The average Bonchev–Trinajstić information content (AvgIpc) is 3.47. The minimum atomic E-state index is -0.0779. The molecule has 1 aliphatic carbocycles. The minimum absolute atomic E-state index is 0.0779. The standard InChI is InChI=1S/C21H31N3O2/c1-3-16(2)20(17-7-5-4-6-8-17)21(26)24-13-11-23(12-14-24)15-19(25)22-18-9-10-18/h4-8,16,18,20H,3,9-15H2,1-2H3,(H,22,25). The quantitative estimate of drug-likeness (QED) is 0.814. The maximum absolute atomic E-state index is 13.2. The van der Waals surface area contributed by atoms with Crippen molar-refractivity contribution in [1.29, 1.82) is 0 Å². The van der Waals surface area contributed by atoms with Crippen molar-refractivity contribution < 1.29 is 9.59 Å². The molecule has 0 bridgehead atoms. The van der Waals surface area contributed by atoms with Crippen LogP contribution in [0.2, 0.25) is 0 Å². The van der Waals surface area contributed by atoms with Gasteiger partial charge in [0.25, 0.3) is 0 Å². The van der Waals surface area contributed by atoms with Gasteiger partial charge in [0.05, 0.1) is 12.5 Å². The second kappa shape index (κ2) is 8.67. The fourth-order valence-electron chi connectivity index (χ4n) is 3.64. The van der Waals surface area contributed by atoms with Crippen LogP contribution in [-0.4, -0.2) is 60.4 Å². The van der Waals surface area contributed by atoms with Crippen molar-refractivity contribution in [2.75, 3.05) is 32.7 Å². The van der Waals surface area contributed by atoms with Crippen LogP contribution in [0.15, 0.2) is 30.3 Å². The van der Waals surface area contributed by atoms with Gasteiger partial charge in [0.15, 0.2) is 0 Å². The lowest BCUT2D eigenvalue weighted by Gasteiger charge is -2.37. The Balaban J connectivity index is 1.56. The third kappa shape index (κ3) is 4.85. The fraction of sp³-hybridized carbons (Fsp3) is 0.619. The van der Waals surface area contributed by atoms with E-state index >= 15 is 0 Å². The van der Waals surface area contributed by atoms with Crippen molar-refractivity contribution in [2.45, 2.75) is 45.1 Å². The highest BCUT2D eigenvalue weighted by Gasteiger charge is 2.32. The average molecular weight is 357 g/mol. The Morgan fingerprint density at radius 3 is 2.35 bits per heavy atom. The van der Waals surface area contributed by atoms with Crippen LogP contribution in [-0.2, 0) is 9.59 Å². The summed E-state index contributed by atoms with van der Waals surface area (Å²) in [6.07, 6.45) is 3.21. The molecule has 5 nitrogen and oxygen atoms in total. The smallest absolute Gasteiger partial charge is 0.234 e.